The second kappa shape index (κ2) is 6.30. The molecule has 0 amide bonds. The Morgan fingerprint density at radius 3 is 2.84 bits per heavy atom. The first kappa shape index (κ1) is 14.2. The summed E-state index contributed by atoms with van der Waals surface area (Å²) in [5.74, 6) is 0. The number of aryl methyl sites for hydroxylation is 2. The van der Waals surface area contributed by atoms with E-state index < -0.39 is 0 Å². The van der Waals surface area contributed by atoms with Crippen LogP contribution in [0.1, 0.15) is 37.0 Å². The minimum Gasteiger partial charge on any atom is -0.303 e. The average molecular weight is 323 g/mol. The smallest absolute Gasteiger partial charge is 0.0739 e. The molecule has 0 unspecified atom stereocenters. The minimum absolute atomic E-state index is 0.216. The zero-order valence-corrected chi connectivity index (χ0v) is 13.1. The van der Waals surface area contributed by atoms with Crippen molar-refractivity contribution in [2.75, 3.05) is 0 Å². The van der Waals surface area contributed by atoms with Crippen LogP contribution in [0.25, 0.3) is 0 Å². The van der Waals surface area contributed by atoms with Crippen molar-refractivity contribution in [3.8, 4) is 0 Å². The molecule has 102 valence electrons. The topological polar surface area (TPSA) is 42.7 Å². The van der Waals surface area contributed by atoms with Gasteiger partial charge in [-0.2, -0.15) is 5.10 Å². The molecule has 0 radical (unpaired) electrons. The number of halogens is 1. The molecule has 0 aliphatic heterocycles. The lowest BCUT2D eigenvalue weighted by molar-refractivity contribution is 0.522. The molecule has 0 aromatic carbocycles. The van der Waals surface area contributed by atoms with Gasteiger partial charge in [0.1, 0.15) is 0 Å². The van der Waals surface area contributed by atoms with Gasteiger partial charge in [0, 0.05) is 25.3 Å². The molecule has 0 bridgehead atoms. The predicted molar refractivity (Wildman–Crippen MR) is 79.8 cm³/mol. The van der Waals surface area contributed by atoms with Gasteiger partial charge in [0.2, 0.25) is 0 Å². The van der Waals surface area contributed by atoms with E-state index in [0.29, 0.717) is 0 Å². The summed E-state index contributed by atoms with van der Waals surface area (Å²) in [5, 5.41) is 7.98. The highest BCUT2D eigenvalue weighted by atomic mass is 79.9. The Morgan fingerprint density at radius 2 is 2.21 bits per heavy atom. The monoisotopic (exact) mass is 322 g/mol. The zero-order chi connectivity index (χ0) is 13.8. The molecule has 0 saturated carbocycles. The summed E-state index contributed by atoms with van der Waals surface area (Å²) in [4.78, 5) is 4.36. The van der Waals surface area contributed by atoms with Gasteiger partial charge in [-0.25, -0.2) is 0 Å². The van der Waals surface area contributed by atoms with Gasteiger partial charge in [-0.15, -0.1) is 0 Å². The Bertz CT molecular complexity index is 536. The maximum atomic E-state index is 4.49. The van der Waals surface area contributed by atoms with Crippen molar-refractivity contribution < 1.29 is 0 Å². The Morgan fingerprint density at radius 1 is 1.42 bits per heavy atom. The zero-order valence-electron chi connectivity index (χ0n) is 11.5. The van der Waals surface area contributed by atoms with Crippen molar-refractivity contribution in [1.82, 2.24) is 20.1 Å². The molecule has 0 aliphatic carbocycles. The first-order valence-electron chi connectivity index (χ1n) is 6.49. The van der Waals surface area contributed by atoms with Gasteiger partial charge in [-0.3, -0.25) is 9.67 Å². The van der Waals surface area contributed by atoms with E-state index in [-0.39, 0.29) is 6.04 Å². The number of hydrogen-bond acceptors (Lipinski definition) is 3. The number of aromatic nitrogens is 3. The maximum absolute atomic E-state index is 4.49. The Kier molecular flexibility index (Phi) is 4.71. The summed E-state index contributed by atoms with van der Waals surface area (Å²) in [6, 6.07) is 6.20. The number of nitrogens with one attached hydrogen (secondary N) is 1. The van der Waals surface area contributed by atoms with Gasteiger partial charge >= 0.3 is 0 Å². The lowest BCUT2D eigenvalue weighted by Crippen LogP contribution is -2.21. The molecule has 0 fully saturated rings. The molecule has 1 N–H and O–H groups in total. The maximum Gasteiger partial charge on any atom is 0.0739 e. The molecule has 1 atom stereocenters. The van der Waals surface area contributed by atoms with Crippen LogP contribution < -0.4 is 5.32 Å². The highest BCUT2D eigenvalue weighted by Gasteiger charge is 2.13. The normalized spacial score (nSPS) is 12.6. The van der Waals surface area contributed by atoms with Crippen molar-refractivity contribution >= 4 is 15.9 Å². The summed E-state index contributed by atoms with van der Waals surface area (Å²) in [6.45, 7) is 7.89. The molecule has 5 heteroatoms. The number of pyridine rings is 1. The Balaban J connectivity index is 2.07. The number of rotatable bonds is 5. The van der Waals surface area contributed by atoms with E-state index in [9.17, 15) is 0 Å². The van der Waals surface area contributed by atoms with Crippen LogP contribution in [0.5, 0.6) is 0 Å². The fourth-order valence-corrected chi connectivity index (χ4v) is 2.45. The van der Waals surface area contributed by atoms with Crippen LogP contribution in [0.4, 0.5) is 0 Å². The van der Waals surface area contributed by atoms with Crippen LogP contribution in [0.15, 0.2) is 28.9 Å². The Hall–Kier alpha value is -1.20. The van der Waals surface area contributed by atoms with E-state index in [4.69, 9.17) is 0 Å². The molecule has 4 nitrogen and oxygen atoms in total. The molecule has 2 aromatic heterocycles. The van der Waals surface area contributed by atoms with E-state index in [0.717, 1.165) is 29.0 Å². The summed E-state index contributed by atoms with van der Waals surface area (Å²) >= 11 is 3.61. The third kappa shape index (κ3) is 3.22. The average Bonchev–Trinajstić information content (AvgIpc) is 2.72. The second-order valence-electron chi connectivity index (χ2n) is 4.52. The first-order valence-corrected chi connectivity index (χ1v) is 7.28. The van der Waals surface area contributed by atoms with Gasteiger partial charge in [0.15, 0.2) is 0 Å². The van der Waals surface area contributed by atoms with Crippen molar-refractivity contribution in [3.63, 3.8) is 0 Å². The van der Waals surface area contributed by atoms with Crippen LogP contribution in [0, 0.1) is 6.92 Å². The quantitative estimate of drug-likeness (QED) is 0.919. The summed E-state index contributed by atoms with van der Waals surface area (Å²) < 4.78 is 3.12. The SMILES string of the molecule is CCn1nc(C)c(Br)c1CN[C@H](C)c1ccccn1. The first-order chi connectivity index (χ1) is 9.13. The lowest BCUT2D eigenvalue weighted by Gasteiger charge is -2.14. The number of hydrogen-bond donors (Lipinski definition) is 1. The van der Waals surface area contributed by atoms with E-state index in [2.05, 4.69) is 45.2 Å². The molecule has 0 aliphatic rings. The molecule has 2 rings (SSSR count). The fourth-order valence-electron chi connectivity index (χ4n) is 2.02. The molecule has 2 aromatic rings. The molecule has 19 heavy (non-hydrogen) atoms. The predicted octanol–water partition coefficient (Wildman–Crippen LogP) is 3.22. The van der Waals surface area contributed by atoms with Crippen LogP contribution in [-0.4, -0.2) is 14.8 Å². The largest absolute Gasteiger partial charge is 0.303 e. The highest BCUT2D eigenvalue weighted by Crippen LogP contribution is 2.21. The van der Waals surface area contributed by atoms with Crippen molar-refractivity contribution in [1.29, 1.82) is 0 Å². The highest BCUT2D eigenvalue weighted by molar-refractivity contribution is 9.10. The second-order valence-corrected chi connectivity index (χ2v) is 5.31. The van der Waals surface area contributed by atoms with E-state index in [1.807, 2.05) is 36.0 Å². The van der Waals surface area contributed by atoms with Crippen molar-refractivity contribution in [2.24, 2.45) is 0 Å². The summed E-state index contributed by atoms with van der Waals surface area (Å²) in [7, 11) is 0. The molecular weight excluding hydrogens is 304 g/mol. The molecule has 0 saturated heterocycles. The molecule has 0 spiro atoms. The van der Waals surface area contributed by atoms with Crippen LogP contribution in [0.2, 0.25) is 0 Å². The molecular formula is C14H19BrN4. The standard InChI is InChI=1S/C14H19BrN4/c1-4-19-13(14(15)11(3)18-19)9-17-10(2)12-7-5-6-8-16-12/h5-8,10,17H,4,9H2,1-3H3/t10-/m1/s1. The van der Waals surface area contributed by atoms with E-state index in [1.54, 1.807) is 0 Å². The van der Waals surface area contributed by atoms with Crippen LogP contribution in [0.3, 0.4) is 0 Å². The fraction of sp³-hybridized carbons (Fsp3) is 0.429. The van der Waals surface area contributed by atoms with Gasteiger partial charge in [-0.05, 0) is 48.8 Å². The van der Waals surface area contributed by atoms with Crippen molar-refractivity contribution in [3.05, 3.63) is 46.0 Å². The van der Waals surface area contributed by atoms with Gasteiger partial charge in [-0.1, -0.05) is 6.07 Å². The van der Waals surface area contributed by atoms with Gasteiger partial charge in [0.05, 0.1) is 21.6 Å². The summed E-state index contributed by atoms with van der Waals surface area (Å²) in [6.07, 6.45) is 1.82. The van der Waals surface area contributed by atoms with Crippen LogP contribution >= 0.6 is 15.9 Å². The third-order valence-electron chi connectivity index (χ3n) is 3.16. The minimum atomic E-state index is 0.216. The van der Waals surface area contributed by atoms with Gasteiger partial charge in [0.25, 0.3) is 0 Å². The lowest BCUT2D eigenvalue weighted by atomic mass is 10.2. The van der Waals surface area contributed by atoms with E-state index >= 15 is 0 Å². The Labute approximate surface area is 122 Å². The summed E-state index contributed by atoms with van der Waals surface area (Å²) in [5.41, 5.74) is 3.27. The third-order valence-corrected chi connectivity index (χ3v) is 4.19. The number of nitrogens with zero attached hydrogens (tertiary/aromatic N) is 3. The van der Waals surface area contributed by atoms with Gasteiger partial charge < -0.3 is 5.32 Å². The molecule has 2 heterocycles. The van der Waals surface area contributed by atoms with Crippen LogP contribution in [-0.2, 0) is 13.1 Å². The van der Waals surface area contributed by atoms with Crippen molar-refractivity contribution in [2.45, 2.75) is 39.9 Å². The van der Waals surface area contributed by atoms with E-state index in [1.165, 1.54) is 5.69 Å².